The SMILES string of the molecule is CC(C)(O)CN/C=C(\C(=N)Cl)C(=O)N[C@H]1C[C@@H](Nc2cc(C(F)(F)F)nc3ccc(Cl)cc23)CN(C(=O)C(F)(F)c2ccc(C#N)cc2)C1. The number of hydrogen-bond acceptors (Lipinski definition) is 8. The van der Waals surface area contributed by atoms with Gasteiger partial charge in [0.1, 0.15) is 10.9 Å². The summed E-state index contributed by atoms with van der Waals surface area (Å²) in [6.07, 6.45) is -3.81. The normalized spacial score (nSPS) is 17.3. The van der Waals surface area contributed by atoms with Gasteiger partial charge >= 0.3 is 12.1 Å². The number of aliphatic hydroxyl groups is 1. The number of nitrogens with zero attached hydrogens (tertiary/aromatic N) is 3. The highest BCUT2D eigenvalue weighted by molar-refractivity contribution is 6.71. The Labute approximate surface area is 287 Å². The number of halogens is 7. The lowest BCUT2D eigenvalue weighted by atomic mass is 9.97. The lowest BCUT2D eigenvalue weighted by molar-refractivity contribution is -0.160. The first-order valence-corrected chi connectivity index (χ1v) is 15.4. The number of amides is 2. The molecule has 49 heavy (non-hydrogen) atoms. The molecule has 3 aromatic rings. The Balaban J connectivity index is 1.70. The van der Waals surface area contributed by atoms with E-state index in [4.69, 9.17) is 33.9 Å². The maximum absolute atomic E-state index is 15.6. The Bertz CT molecular complexity index is 1820. The molecule has 0 aliphatic carbocycles. The Hall–Kier alpha value is -4.52. The average molecular weight is 727 g/mol. The molecule has 1 saturated heterocycles. The van der Waals surface area contributed by atoms with Crippen molar-refractivity contribution < 1.29 is 36.6 Å². The second-order valence-corrected chi connectivity index (χ2v) is 12.8. The summed E-state index contributed by atoms with van der Waals surface area (Å²) in [6.45, 7) is 2.10. The molecule has 2 atom stereocenters. The molecule has 5 N–H and O–H groups in total. The van der Waals surface area contributed by atoms with Gasteiger partial charge < -0.3 is 26.0 Å². The van der Waals surface area contributed by atoms with E-state index in [-0.39, 0.29) is 45.7 Å². The molecule has 2 heterocycles. The molecule has 0 bridgehead atoms. The van der Waals surface area contributed by atoms with E-state index in [1.807, 2.05) is 0 Å². The first kappa shape index (κ1) is 37.3. The molecule has 0 unspecified atom stereocenters. The molecule has 1 fully saturated rings. The summed E-state index contributed by atoms with van der Waals surface area (Å²) in [5.41, 5.74) is -3.56. The number of fused-ring (bicyclic) bond motifs is 1. The zero-order valence-corrected chi connectivity index (χ0v) is 27.4. The fourth-order valence-electron chi connectivity index (χ4n) is 5.13. The molecule has 1 aliphatic rings. The van der Waals surface area contributed by atoms with E-state index in [0.29, 0.717) is 0 Å². The maximum Gasteiger partial charge on any atom is 0.433 e. The third kappa shape index (κ3) is 9.34. The number of alkyl halides is 5. The molecule has 1 aromatic heterocycles. The van der Waals surface area contributed by atoms with Crippen LogP contribution in [-0.4, -0.2) is 69.3 Å². The van der Waals surface area contributed by atoms with Gasteiger partial charge in [-0.3, -0.25) is 15.0 Å². The number of rotatable bonds is 10. The number of aromatic nitrogens is 1. The van der Waals surface area contributed by atoms with E-state index in [1.165, 1.54) is 32.0 Å². The van der Waals surface area contributed by atoms with Crippen LogP contribution in [-0.2, 0) is 21.7 Å². The monoisotopic (exact) mass is 725 g/mol. The van der Waals surface area contributed by atoms with Gasteiger partial charge in [-0.25, -0.2) is 4.98 Å². The lowest BCUT2D eigenvalue weighted by Crippen LogP contribution is -2.58. The minimum atomic E-state index is -4.84. The highest BCUT2D eigenvalue weighted by atomic mass is 35.5. The summed E-state index contributed by atoms with van der Waals surface area (Å²) in [5.74, 6) is -6.66. The molecule has 0 radical (unpaired) electrons. The van der Waals surface area contributed by atoms with E-state index >= 15 is 8.78 Å². The first-order valence-electron chi connectivity index (χ1n) is 14.6. The Morgan fingerprint density at radius 2 is 1.76 bits per heavy atom. The van der Waals surface area contributed by atoms with Crippen molar-refractivity contribution in [1.29, 1.82) is 10.7 Å². The number of likely N-dealkylation sites (tertiary alicyclic amines) is 1. The van der Waals surface area contributed by atoms with Crippen molar-refractivity contribution in [1.82, 2.24) is 20.5 Å². The van der Waals surface area contributed by atoms with E-state index in [0.717, 1.165) is 41.4 Å². The molecule has 1 aliphatic heterocycles. The van der Waals surface area contributed by atoms with Crippen LogP contribution in [0.15, 0.2) is 60.3 Å². The highest BCUT2D eigenvalue weighted by Gasteiger charge is 2.46. The molecule has 0 spiro atoms. The topological polar surface area (TPSA) is 154 Å². The third-order valence-electron chi connectivity index (χ3n) is 7.40. The number of hydrogen-bond donors (Lipinski definition) is 5. The van der Waals surface area contributed by atoms with Crippen LogP contribution in [0.3, 0.4) is 0 Å². The van der Waals surface area contributed by atoms with Gasteiger partial charge in [-0.2, -0.15) is 27.2 Å². The standard InChI is InChI=1S/C32H30Cl2F5N7O3/c1-30(2,49)16-42-13-23(27(34)41)28(47)44-21-10-20(14-46(15-21)29(48)31(35,36)18-5-3-17(12-40)4-6-18)43-25-11-26(32(37,38)39)45-24-8-7-19(33)9-22(24)25/h3-9,11,13,20-21,41-42,49H,10,14-16H2,1-2H3,(H,43,45)(H,44,47)/b23-13+,41-27?/t20-,21+/m1/s1. The summed E-state index contributed by atoms with van der Waals surface area (Å²) in [6, 6.07) is 8.61. The Kier molecular flexibility index (Phi) is 11.1. The predicted molar refractivity (Wildman–Crippen MR) is 173 cm³/mol. The summed E-state index contributed by atoms with van der Waals surface area (Å²) in [5, 5.41) is 34.6. The summed E-state index contributed by atoms with van der Waals surface area (Å²) < 4.78 is 72.6. The van der Waals surface area contributed by atoms with E-state index in [1.54, 1.807) is 6.07 Å². The molecule has 10 nitrogen and oxygen atoms in total. The smallest absolute Gasteiger partial charge is 0.389 e. The Morgan fingerprint density at radius 1 is 1.10 bits per heavy atom. The number of nitriles is 1. The van der Waals surface area contributed by atoms with Crippen molar-refractivity contribution in [3.63, 3.8) is 0 Å². The molecule has 0 saturated carbocycles. The van der Waals surface area contributed by atoms with Gasteiger partial charge in [0.05, 0.1) is 28.3 Å². The van der Waals surface area contributed by atoms with Gasteiger partial charge in [0.2, 0.25) is 0 Å². The maximum atomic E-state index is 15.6. The summed E-state index contributed by atoms with van der Waals surface area (Å²) in [4.78, 5) is 31.1. The molecule has 260 valence electrons. The molecular formula is C32H30Cl2F5N7O3. The Morgan fingerprint density at radius 3 is 2.35 bits per heavy atom. The third-order valence-corrected chi connectivity index (χ3v) is 7.84. The van der Waals surface area contributed by atoms with Crippen LogP contribution in [0.4, 0.5) is 27.6 Å². The second kappa shape index (κ2) is 14.5. The van der Waals surface area contributed by atoms with Gasteiger partial charge in [-0.15, -0.1) is 0 Å². The quantitative estimate of drug-likeness (QED) is 0.105. The minimum absolute atomic E-state index is 0.0279. The molecule has 2 amide bonds. The zero-order chi connectivity index (χ0) is 36.3. The van der Waals surface area contributed by atoms with E-state index < -0.39 is 71.1 Å². The van der Waals surface area contributed by atoms with Crippen LogP contribution in [0.1, 0.15) is 37.1 Å². The highest BCUT2D eigenvalue weighted by Crippen LogP contribution is 2.36. The van der Waals surface area contributed by atoms with Crippen molar-refractivity contribution in [3.8, 4) is 6.07 Å². The molecular weight excluding hydrogens is 696 g/mol. The van der Waals surface area contributed by atoms with E-state index in [2.05, 4.69) is 20.9 Å². The van der Waals surface area contributed by atoms with Gasteiger partial charge in [-0.05, 0) is 56.7 Å². The average Bonchev–Trinajstić information content (AvgIpc) is 3.01. The predicted octanol–water partition coefficient (Wildman–Crippen LogP) is 5.53. The number of nitrogens with one attached hydrogen (secondary N) is 4. The molecule has 2 aromatic carbocycles. The second-order valence-electron chi connectivity index (χ2n) is 12.0. The van der Waals surface area contributed by atoms with Gasteiger partial charge in [-0.1, -0.05) is 35.3 Å². The fourth-order valence-corrected chi connectivity index (χ4v) is 5.44. The van der Waals surface area contributed by atoms with Crippen molar-refractivity contribution in [3.05, 3.63) is 82.1 Å². The van der Waals surface area contributed by atoms with Crippen LogP contribution in [0.25, 0.3) is 10.9 Å². The van der Waals surface area contributed by atoms with Crippen molar-refractivity contribution in [2.45, 2.75) is 50.1 Å². The summed E-state index contributed by atoms with van der Waals surface area (Å²) in [7, 11) is 0. The molecule has 17 heteroatoms. The van der Waals surface area contributed by atoms with E-state index in [9.17, 15) is 27.9 Å². The van der Waals surface area contributed by atoms with Crippen molar-refractivity contribution in [2.75, 3.05) is 25.0 Å². The number of carbonyl (C=O) groups excluding carboxylic acids is 2. The fraction of sp³-hybridized carbons (Fsp3) is 0.344. The van der Waals surface area contributed by atoms with Crippen LogP contribution in [0, 0.1) is 16.7 Å². The van der Waals surface area contributed by atoms with Crippen molar-refractivity contribution >= 4 is 56.8 Å². The minimum Gasteiger partial charge on any atom is -0.389 e. The van der Waals surface area contributed by atoms with Gasteiger partial charge in [0.25, 0.3) is 11.8 Å². The number of piperidine rings is 1. The number of pyridine rings is 1. The molecule has 4 rings (SSSR count). The van der Waals surface area contributed by atoms with Gasteiger partial charge in [0.15, 0.2) is 0 Å². The van der Waals surface area contributed by atoms with Crippen molar-refractivity contribution in [2.24, 2.45) is 0 Å². The largest absolute Gasteiger partial charge is 0.433 e. The number of carbonyl (C=O) groups is 2. The lowest BCUT2D eigenvalue weighted by Gasteiger charge is -2.40. The summed E-state index contributed by atoms with van der Waals surface area (Å²) >= 11 is 12.0. The van der Waals surface area contributed by atoms with Crippen LogP contribution in [0.2, 0.25) is 5.02 Å². The van der Waals surface area contributed by atoms with Crippen LogP contribution in [0.5, 0.6) is 0 Å². The first-order chi connectivity index (χ1) is 22.8. The van der Waals surface area contributed by atoms with Gasteiger partial charge in [0, 0.05) is 59.6 Å². The van der Waals surface area contributed by atoms with Crippen LogP contribution < -0.4 is 16.0 Å². The number of benzene rings is 2. The number of anilines is 1. The zero-order valence-electron chi connectivity index (χ0n) is 25.9. The van der Waals surface area contributed by atoms with Crippen LogP contribution >= 0.6 is 23.2 Å².